The molecule has 0 spiro atoms. The molecule has 0 saturated carbocycles. The molecule has 4 aromatic rings. The molecule has 9 heteroatoms. The summed E-state index contributed by atoms with van der Waals surface area (Å²) in [5, 5.41) is 12.0. The van der Waals surface area contributed by atoms with Crippen LogP contribution in [-0.2, 0) is 7.05 Å². The molecule has 2 aromatic heterocycles. The molecule has 2 heterocycles. The van der Waals surface area contributed by atoms with Gasteiger partial charge in [-0.25, -0.2) is 8.78 Å². The fourth-order valence-corrected chi connectivity index (χ4v) is 3.32. The van der Waals surface area contributed by atoms with Crippen molar-refractivity contribution in [3.63, 3.8) is 0 Å². The summed E-state index contributed by atoms with van der Waals surface area (Å²) < 4.78 is 34.5. The zero-order chi connectivity index (χ0) is 21.6. The number of aromatic nitrogens is 2. The van der Waals surface area contributed by atoms with Gasteiger partial charge in [-0.15, -0.1) is 0 Å². The van der Waals surface area contributed by atoms with Crippen LogP contribution in [0.1, 0.15) is 5.56 Å². The molecule has 0 amide bonds. The van der Waals surface area contributed by atoms with E-state index in [2.05, 4.69) is 4.98 Å². The molecule has 1 N–H and O–H groups in total. The molecule has 0 unspecified atom stereocenters. The minimum Gasteiger partial charge on any atom is -0.454 e. The number of aromatic amines is 1. The second kappa shape index (κ2) is 7.11. The van der Waals surface area contributed by atoms with Crippen molar-refractivity contribution in [3.05, 3.63) is 86.5 Å². The summed E-state index contributed by atoms with van der Waals surface area (Å²) >= 11 is 0. The van der Waals surface area contributed by atoms with E-state index in [1.807, 2.05) is 0 Å². The molecule has 0 aliphatic heterocycles. The van der Waals surface area contributed by atoms with Crippen LogP contribution in [0, 0.1) is 28.7 Å². The zero-order valence-corrected chi connectivity index (χ0v) is 15.9. The van der Waals surface area contributed by atoms with E-state index in [0.29, 0.717) is 28.1 Å². The van der Waals surface area contributed by atoms with Crippen LogP contribution in [0.4, 0.5) is 14.5 Å². The van der Waals surface area contributed by atoms with Crippen molar-refractivity contribution in [2.75, 3.05) is 0 Å². The van der Waals surface area contributed by atoms with Gasteiger partial charge in [0.05, 0.1) is 4.92 Å². The molecule has 30 heavy (non-hydrogen) atoms. The Kier molecular flexibility index (Phi) is 4.57. The van der Waals surface area contributed by atoms with Gasteiger partial charge < -0.3 is 14.3 Å². The van der Waals surface area contributed by atoms with Gasteiger partial charge >= 0.3 is 0 Å². The molecule has 0 fully saturated rings. The lowest BCUT2D eigenvalue weighted by Gasteiger charge is -2.15. The van der Waals surface area contributed by atoms with Crippen molar-refractivity contribution < 1.29 is 18.4 Å². The molecule has 0 radical (unpaired) electrons. The van der Waals surface area contributed by atoms with Crippen LogP contribution in [0.15, 0.2) is 53.6 Å². The Morgan fingerprint density at radius 2 is 1.87 bits per heavy atom. The van der Waals surface area contributed by atoms with Gasteiger partial charge in [0.25, 0.3) is 11.2 Å². The number of hydrogen-bond donors (Lipinski definition) is 1. The number of nitro benzene ring substituents is 1. The van der Waals surface area contributed by atoms with Crippen LogP contribution in [0.2, 0.25) is 0 Å². The number of ether oxygens (including phenoxy) is 1. The monoisotopic (exact) mass is 411 g/mol. The molecule has 0 atom stereocenters. The Bertz CT molecular complexity index is 1370. The van der Waals surface area contributed by atoms with Crippen molar-refractivity contribution in [3.8, 4) is 22.6 Å². The number of fused-ring (bicyclic) bond motifs is 1. The van der Waals surface area contributed by atoms with Gasteiger partial charge in [-0.05, 0) is 31.2 Å². The lowest BCUT2D eigenvalue weighted by molar-refractivity contribution is -0.385. The van der Waals surface area contributed by atoms with E-state index in [1.165, 1.54) is 29.8 Å². The predicted octanol–water partition coefficient (Wildman–Crippen LogP) is 4.82. The minimum absolute atomic E-state index is 0.129. The normalized spacial score (nSPS) is 11.1. The van der Waals surface area contributed by atoms with E-state index in [1.54, 1.807) is 19.3 Å². The lowest BCUT2D eigenvalue weighted by Crippen LogP contribution is -2.16. The molecule has 0 saturated heterocycles. The summed E-state index contributed by atoms with van der Waals surface area (Å²) in [4.78, 5) is 26.2. The third-order valence-electron chi connectivity index (χ3n) is 4.79. The van der Waals surface area contributed by atoms with Crippen LogP contribution in [-0.4, -0.2) is 14.5 Å². The van der Waals surface area contributed by atoms with Gasteiger partial charge in [0, 0.05) is 53.7 Å². The Hall–Kier alpha value is -4.01. The van der Waals surface area contributed by atoms with Crippen LogP contribution in [0.3, 0.4) is 0 Å². The number of nitro groups is 1. The molecule has 0 aliphatic carbocycles. The molecule has 2 aromatic carbocycles. The van der Waals surface area contributed by atoms with E-state index in [-0.39, 0.29) is 28.3 Å². The van der Waals surface area contributed by atoms with E-state index in [0.717, 1.165) is 12.1 Å². The number of nitrogens with zero attached hydrogens (tertiary/aromatic N) is 2. The summed E-state index contributed by atoms with van der Waals surface area (Å²) in [7, 11) is 1.55. The van der Waals surface area contributed by atoms with Gasteiger partial charge in [0.15, 0.2) is 11.6 Å². The van der Waals surface area contributed by atoms with Gasteiger partial charge in [-0.3, -0.25) is 14.9 Å². The maximum Gasteiger partial charge on any atom is 0.274 e. The number of benzene rings is 2. The standard InChI is InChI=1S/C21H15F2N3O4/c1-11-7-19(30-18-4-3-12(22)8-16(18)23)14(9-17(11)26(28)29)15-10-25(2)21(27)20-13(15)5-6-24-20/h3-10,24H,1-2H3. The predicted molar refractivity (Wildman–Crippen MR) is 107 cm³/mol. The first-order valence-corrected chi connectivity index (χ1v) is 8.85. The van der Waals surface area contributed by atoms with Crippen molar-refractivity contribution in [1.29, 1.82) is 0 Å². The van der Waals surface area contributed by atoms with E-state index in [4.69, 9.17) is 4.74 Å². The number of aryl methyl sites for hydroxylation is 2. The van der Waals surface area contributed by atoms with Crippen LogP contribution in [0.5, 0.6) is 11.5 Å². The molecule has 4 rings (SSSR count). The fraction of sp³-hybridized carbons (Fsp3) is 0.0952. The van der Waals surface area contributed by atoms with Crippen molar-refractivity contribution in [2.45, 2.75) is 6.92 Å². The topological polar surface area (TPSA) is 90.2 Å². The number of hydrogen-bond acceptors (Lipinski definition) is 4. The van der Waals surface area contributed by atoms with Gasteiger partial charge in [-0.2, -0.15) is 0 Å². The van der Waals surface area contributed by atoms with E-state index < -0.39 is 16.6 Å². The van der Waals surface area contributed by atoms with Gasteiger partial charge in [0.2, 0.25) is 0 Å². The largest absolute Gasteiger partial charge is 0.454 e. The van der Waals surface area contributed by atoms with E-state index in [9.17, 15) is 23.7 Å². The zero-order valence-electron chi connectivity index (χ0n) is 15.9. The summed E-state index contributed by atoms with van der Waals surface area (Å²) in [6, 6.07) is 7.27. The summed E-state index contributed by atoms with van der Waals surface area (Å²) in [5.41, 5.74) is 0.959. The van der Waals surface area contributed by atoms with Crippen molar-refractivity contribution in [1.82, 2.24) is 9.55 Å². The van der Waals surface area contributed by atoms with Crippen LogP contribution in [0.25, 0.3) is 22.0 Å². The Balaban J connectivity index is 2.00. The molecule has 0 aliphatic rings. The Labute approximate surface area is 168 Å². The van der Waals surface area contributed by atoms with Crippen molar-refractivity contribution in [2.24, 2.45) is 7.05 Å². The third-order valence-corrected chi connectivity index (χ3v) is 4.79. The summed E-state index contributed by atoms with van der Waals surface area (Å²) in [6.45, 7) is 1.53. The fourth-order valence-electron chi connectivity index (χ4n) is 3.32. The maximum atomic E-state index is 14.2. The first-order chi connectivity index (χ1) is 14.3. The van der Waals surface area contributed by atoms with Gasteiger partial charge in [-0.1, -0.05) is 0 Å². The van der Waals surface area contributed by atoms with Gasteiger partial charge in [0.1, 0.15) is 17.1 Å². The quantitative estimate of drug-likeness (QED) is 0.385. The Morgan fingerprint density at radius 1 is 1.10 bits per heavy atom. The number of rotatable bonds is 4. The number of nitrogens with one attached hydrogen (secondary N) is 1. The SMILES string of the molecule is Cc1cc(Oc2ccc(F)cc2F)c(-c2cn(C)c(=O)c3[nH]ccc23)cc1[N+](=O)[O-]. The highest BCUT2D eigenvalue weighted by Gasteiger charge is 2.21. The highest BCUT2D eigenvalue weighted by molar-refractivity contribution is 5.96. The second-order valence-corrected chi connectivity index (χ2v) is 6.79. The maximum absolute atomic E-state index is 14.2. The smallest absolute Gasteiger partial charge is 0.274 e. The lowest BCUT2D eigenvalue weighted by atomic mass is 10.00. The number of halogens is 2. The molecule has 7 nitrogen and oxygen atoms in total. The van der Waals surface area contributed by atoms with Crippen molar-refractivity contribution >= 4 is 16.6 Å². The first kappa shape index (κ1) is 19.3. The van der Waals surface area contributed by atoms with Crippen LogP contribution < -0.4 is 10.3 Å². The summed E-state index contributed by atoms with van der Waals surface area (Å²) in [5.74, 6) is -1.78. The van der Waals surface area contributed by atoms with Crippen LogP contribution >= 0.6 is 0 Å². The summed E-state index contributed by atoms with van der Waals surface area (Å²) in [6.07, 6.45) is 3.11. The highest BCUT2D eigenvalue weighted by Crippen LogP contribution is 2.40. The Morgan fingerprint density at radius 3 is 2.57 bits per heavy atom. The number of H-pyrrole nitrogens is 1. The molecular weight excluding hydrogens is 396 g/mol. The first-order valence-electron chi connectivity index (χ1n) is 8.85. The minimum atomic E-state index is -0.913. The average Bonchev–Trinajstić information content (AvgIpc) is 3.17. The average molecular weight is 411 g/mol. The molecular formula is C21H15F2N3O4. The number of pyridine rings is 1. The third kappa shape index (κ3) is 3.20. The molecule has 152 valence electrons. The van der Waals surface area contributed by atoms with E-state index >= 15 is 0 Å². The highest BCUT2D eigenvalue weighted by atomic mass is 19.1. The second-order valence-electron chi connectivity index (χ2n) is 6.79. The molecule has 0 bridgehead atoms.